The van der Waals surface area contributed by atoms with Gasteiger partial charge in [-0.2, -0.15) is 10.2 Å². The smallest absolute Gasteiger partial charge is 0.148 e. The molecule has 0 atom stereocenters. The van der Waals surface area contributed by atoms with E-state index in [1.807, 2.05) is 15.6 Å². The van der Waals surface area contributed by atoms with E-state index in [9.17, 15) is 0 Å². The zero-order valence-electron chi connectivity index (χ0n) is 11.5. The Balaban J connectivity index is 1.71. The number of hydrogen-bond acceptors (Lipinski definition) is 4. The van der Waals surface area contributed by atoms with Crippen LogP contribution in [0.5, 0.6) is 0 Å². The first-order valence-corrected chi connectivity index (χ1v) is 6.86. The second kappa shape index (κ2) is 5.13. The van der Waals surface area contributed by atoms with Gasteiger partial charge in [0.1, 0.15) is 18.7 Å². The summed E-state index contributed by atoms with van der Waals surface area (Å²) in [6.07, 6.45) is 6.06. The molecular formula is C13H20N6. The van der Waals surface area contributed by atoms with Crippen LogP contribution in [-0.4, -0.2) is 30.6 Å². The molecule has 0 bridgehead atoms. The lowest BCUT2D eigenvalue weighted by molar-refractivity contribution is 0.481. The number of nitrogens with one attached hydrogen (secondary N) is 1. The molecule has 102 valence electrons. The molecule has 0 aromatic carbocycles. The van der Waals surface area contributed by atoms with Crippen LogP contribution in [0.4, 0.5) is 0 Å². The molecule has 0 spiro atoms. The summed E-state index contributed by atoms with van der Waals surface area (Å²) in [4.78, 5) is 4.33. The molecule has 2 aromatic rings. The van der Waals surface area contributed by atoms with E-state index in [4.69, 9.17) is 0 Å². The monoisotopic (exact) mass is 260 g/mol. The molecule has 0 aliphatic heterocycles. The van der Waals surface area contributed by atoms with Crippen molar-refractivity contribution < 1.29 is 0 Å². The lowest BCUT2D eigenvalue weighted by atomic mass is 10.4. The third kappa shape index (κ3) is 2.84. The van der Waals surface area contributed by atoms with E-state index < -0.39 is 0 Å². The van der Waals surface area contributed by atoms with Crippen molar-refractivity contribution in [2.24, 2.45) is 0 Å². The Bertz CT molecular complexity index is 537. The highest BCUT2D eigenvalue weighted by Gasteiger charge is 2.20. The molecule has 3 rings (SSSR count). The molecule has 1 fully saturated rings. The van der Waals surface area contributed by atoms with Gasteiger partial charge in [0.25, 0.3) is 0 Å². The van der Waals surface area contributed by atoms with Gasteiger partial charge < -0.3 is 5.32 Å². The van der Waals surface area contributed by atoms with Gasteiger partial charge in [-0.05, 0) is 32.8 Å². The molecule has 1 aliphatic carbocycles. The normalized spacial score (nSPS) is 15.3. The molecule has 0 radical (unpaired) electrons. The van der Waals surface area contributed by atoms with Crippen molar-refractivity contribution in [1.82, 2.24) is 29.9 Å². The topological polar surface area (TPSA) is 60.6 Å². The van der Waals surface area contributed by atoms with Gasteiger partial charge in [0.15, 0.2) is 0 Å². The first-order valence-electron chi connectivity index (χ1n) is 6.86. The minimum atomic E-state index is 0.320. The van der Waals surface area contributed by atoms with Gasteiger partial charge >= 0.3 is 0 Å². The molecule has 19 heavy (non-hydrogen) atoms. The van der Waals surface area contributed by atoms with Crippen LogP contribution >= 0.6 is 0 Å². The summed E-state index contributed by atoms with van der Waals surface area (Å²) in [7, 11) is 0. The van der Waals surface area contributed by atoms with Crippen LogP contribution in [-0.2, 0) is 13.1 Å². The van der Waals surface area contributed by atoms with Crippen LogP contribution < -0.4 is 5.32 Å². The van der Waals surface area contributed by atoms with Gasteiger partial charge in [-0.1, -0.05) is 0 Å². The van der Waals surface area contributed by atoms with E-state index in [1.54, 1.807) is 6.33 Å². The fourth-order valence-corrected chi connectivity index (χ4v) is 2.14. The summed E-state index contributed by atoms with van der Waals surface area (Å²) in [6.45, 7) is 5.76. The van der Waals surface area contributed by atoms with Gasteiger partial charge in [-0.3, -0.25) is 4.68 Å². The standard InChI is InChI=1S/C13H20N6/c1-10(2)19-13(15-9-17-19)8-18-12(5-6-16-18)7-14-11-3-4-11/h5-6,9-11,14H,3-4,7-8H2,1-2H3. The first kappa shape index (κ1) is 12.3. The lowest BCUT2D eigenvalue weighted by Gasteiger charge is -2.11. The van der Waals surface area contributed by atoms with Crippen molar-refractivity contribution in [2.45, 2.75) is 51.9 Å². The number of nitrogens with zero attached hydrogens (tertiary/aromatic N) is 5. The van der Waals surface area contributed by atoms with E-state index in [0.29, 0.717) is 18.6 Å². The summed E-state index contributed by atoms with van der Waals surface area (Å²) in [6, 6.07) is 3.09. The number of rotatable bonds is 6. The highest BCUT2D eigenvalue weighted by molar-refractivity contribution is 5.03. The summed E-state index contributed by atoms with van der Waals surface area (Å²) in [5.74, 6) is 0.950. The van der Waals surface area contributed by atoms with E-state index in [-0.39, 0.29) is 0 Å². The molecule has 2 heterocycles. The van der Waals surface area contributed by atoms with Crippen LogP contribution in [0.3, 0.4) is 0 Å². The van der Waals surface area contributed by atoms with Gasteiger partial charge in [-0.25, -0.2) is 9.67 Å². The average molecular weight is 260 g/mol. The Morgan fingerprint density at radius 2 is 2.21 bits per heavy atom. The van der Waals surface area contributed by atoms with E-state index in [1.165, 1.54) is 18.5 Å². The zero-order valence-corrected chi connectivity index (χ0v) is 11.5. The second-order valence-electron chi connectivity index (χ2n) is 5.35. The molecule has 1 N–H and O–H groups in total. The Morgan fingerprint density at radius 1 is 1.37 bits per heavy atom. The Labute approximate surface area is 112 Å². The largest absolute Gasteiger partial charge is 0.308 e. The van der Waals surface area contributed by atoms with Crippen molar-refractivity contribution in [3.05, 3.63) is 30.1 Å². The second-order valence-corrected chi connectivity index (χ2v) is 5.35. The number of aromatic nitrogens is 5. The van der Waals surface area contributed by atoms with Crippen molar-refractivity contribution >= 4 is 0 Å². The maximum Gasteiger partial charge on any atom is 0.148 e. The molecule has 2 aromatic heterocycles. The molecule has 6 nitrogen and oxygen atoms in total. The van der Waals surface area contributed by atoms with Gasteiger partial charge in [-0.15, -0.1) is 0 Å². The van der Waals surface area contributed by atoms with Crippen molar-refractivity contribution in [2.75, 3.05) is 0 Å². The highest BCUT2D eigenvalue weighted by Crippen LogP contribution is 2.19. The molecule has 0 saturated heterocycles. The Morgan fingerprint density at radius 3 is 2.95 bits per heavy atom. The van der Waals surface area contributed by atoms with Crippen molar-refractivity contribution in [1.29, 1.82) is 0 Å². The van der Waals surface area contributed by atoms with Crippen LogP contribution in [0.2, 0.25) is 0 Å². The van der Waals surface area contributed by atoms with Crippen LogP contribution in [0, 0.1) is 0 Å². The average Bonchev–Trinajstić information content (AvgIpc) is 2.92. The third-order valence-electron chi connectivity index (χ3n) is 3.38. The molecule has 0 amide bonds. The number of hydrogen-bond donors (Lipinski definition) is 1. The van der Waals surface area contributed by atoms with Crippen molar-refractivity contribution in [3.63, 3.8) is 0 Å². The molecule has 1 saturated carbocycles. The van der Waals surface area contributed by atoms with E-state index in [0.717, 1.165) is 12.4 Å². The quantitative estimate of drug-likeness (QED) is 0.852. The lowest BCUT2D eigenvalue weighted by Crippen LogP contribution is -2.20. The zero-order chi connectivity index (χ0) is 13.2. The molecular weight excluding hydrogens is 240 g/mol. The third-order valence-corrected chi connectivity index (χ3v) is 3.38. The Kier molecular flexibility index (Phi) is 3.33. The molecule has 1 aliphatic rings. The first-order chi connectivity index (χ1) is 9.24. The minimum absolute atomic E-state index is 0.320. The van der Waals surface area contributed by atoms with E-state index >= 15 is 0 Å². The fraction of sp³-hybridized carbons (Fsp3) is 0.615. The predicted molar refractivity (Wildman–Crippen MR) is 71.6 cm³/mol. The summed E-state index contributed by atoms with van der Waals surface area (Å²) in [5.41, 5.74) is 1.20. The fourth-order valence-electron chi connectivity index (χ4n) is 2.14. The van der Waals surface area contributed by atoms with Crippen molar-refractivity contribution in [3.8, 4) is 0 Å². The summed E-state index contributed by atoms with van der Waals surface area (Å²) in [5, 5.41) is 12.2. The maximum atomic E-state index is 4.39. The van der Waals surface area contributed by atoms with Gasteiger partial charge in [0.2, 0.25) is 0 Å². The van der Waals surface area contributed by atoms with Crippen LogP contribution in [0.1, 0.15) is 44.2 Å². The maximum absolute atomic E-state index is 4.39. The van der Waals surface area contributed by atoms with Crippen LogP contribution in [0.15, 0.2) is 18.6 Å². The Hall–Kier alpha value is -1.69. The predicted octanol–water partition coefficient (Wildman–Crippen LogP) is 1.36. The summed E-state index contributed by atoms with van der Waals surface area (Å²) < 4.78 is 3.94. The minimum Gasteiger partial charge on any atom is -0.308 e. The van der Waals surface area contributed by atoms with Crippen LogP contribution in [0.25, 0.3) is 0 Å². The van der Waals surface area contributed by atoms with Gasteiger partial charge in [0, 0.05) is 24.8 Å². The SMILES string of the molecule is CC(C)n1ncnc1Cn1nccc1CNC1CC1. The van der Waals surface area contributed by atoms with E-state index in [2.05, 4.69) is 40.4 Å². The molecule has 0 unspecified atom stereocenters. The molecule has 6 heteroatoms. The summed E-state index contributed by atoms with van der Waals surface area (Å²) >= 11 is 0. The van der Waals surface area contributed by atoms with Gasteiger partial charge in [0.05, 0.1) is 5.69 Å². The highest BCUT2D eigenvalue weighted by atomic mass is 15.4.